The minimum absolute atomic E-state index is 0.0556. The highest BCUT2D eigenvalue weighted by Gasteiger charge is 2.19. The van der Waals surface area contributed by atoms with Crippen LogP contribution in [0, 0.1) is 0 Å². The number of hydrogen-bond acceptors (Lipinski definition) is 5. The average molecular weight is 269 g/mol. The Morgan fingerprint density at radius 3 is 2.74 bits per heavy atom. The molecule has 1 heterocycles. The van der Waals surface area contributed by atoms with Crippen molar-refractivity contribution in [3.8, 4) is 0 Å². The smallest absolute Gasteiger partial charge is 0.358 e. The van der Waals surface area contributed by atoms with Crippen molar-refractivity contribution in [3.05, 3.63) is 11.4 Å². The summed E-state index contributed by atoms with van der Waals surface area (Å²) in [6.45, 7) is 4.06. The predicted octanol–water partition coefficient (Wildman–Crippen LogP) is -0.608. The summed E-state index contributed by atoms with van der Waals surface area (Å²) < 4.78 is 1.29. The third-order valence-electron chi connectivity index (χ3n) is 2.73. The zero-order chi connectivity index (χ0) is 14.4. The molecule has 8 heteroatoms. The van der Waals surface area contributed by atoms with Crippen LogP contribution in [0.4, 0.5) is 0 Å². The number of aromatic nitrogens is 3. The number of hydrogen-bond donors (Lipinski definition) is 3. The summed E-state index contributed by atoms with van der Waals surface area (Å²) in [7, 11) is 0. The van der Waals surface area contributed by atoms with Gasteiger partial charge in [0.05, 0.1) is 5.69 Å². The van der Waals surface area contributed by atoms with Crippen molar-refractivity contribution in [3.63, 3.8) is 0 Å². The van der Waals surface area contributed by atoms with E-state index in [-0.39, 0.29) is 30.7 Å². The number of carboxylic acids is 1. The Morgan fingerprint density at radius 2 is 2.21 bits per heavy atom. The zero-order valence-electron chi connectivity index (χ0n) is 11.1. The average Bonchev–Trinajstić information content (AvgIpc) is 2.72. The second-order valence-electron chi connectivity index (χ2n) is 4.26. The Hall–Kier alpha value is -1.96. The van der Waals surface area contributed by atoms with Gasteiger partial charge in [-0.1, -0.05) is 12.1 Å². The van der Waals surface area contributed by atoms with Gasteiger partial charge >= 0.3 is 5.97 Å². The van der Waals surface area contributed by atoms with E-state index in [4.69, 9.17) is 10.8 Å². The van der Waals surface area contributed by atoms with E-state index in [1.54, 1.807) is 0 Å². The lowest BCUT2D eigenvalue weighted by Crippen LogP contribution is -2.35. The molecule has 0 aliphatic heterocycles. The van der Waals surface area contributed by atoms with Crippen molar-refractivity contribution in [2.75, 3.05) is 6.54 Å². The van der Waals surface area contributed by atoms with E-state index in [1.165, 1.54) is 4.68 Å². The maximum atomic E-state index is 11.7. The summed E-state index contributed by atoms with van der Waals surface area (Å²) in [5.74, 6) is -1.40. The molecule has 1 aromatic heterocycles. The van der Waals surface area contributed by atoms with Gasteiger partial charge < -0.3 is 16.2 Å². The predicted molar refractivity (Wildman–Crippen MR) is 67.6 cm³/mol. The Kier molecular flexibility index (Phi) is 5.43. The van der Waals surface area contributed by atoms with Crippen molar-refractivity contribution in [2.45, 2.75) is 39.3 Å². The van der Waals surface area contributed by atoms with E-state index in [2.05, 4.69) is 15.6 Å². The minimum Gasteiger partial charge on any atom is -0.476 e. The van der Waals surface area contributed by atoms with Gasteiger partial charge in [-0.15, -0.1) is 5.10 Å². The van der Waals surface area contributed by atoms with Crippen LogP contribution in [0.3, 0.4) is 0 Å². The second-order valence-corrected chi connectivity index (χ2v) is 4.26. The first-order valence-electron chi connectivity index (χ1n) is 6.14. The van der Waals surface area contributed by atoms with Gasteiger partial charge in [-0.05, 0) is 19.9 Å². The van der Waals surface area contributed by atoms with Crippen LogP contribution in [-0.2, 0) is 17.8 Å². The number of aromatic carboxylic acids is 1. The van der Waals surface area contributed by atoms with Gasteiger partial charge in [0.2, 0.25) is 5.91 Å². The number of nitrogens with two attached hydrogens (primary N) is 1. The van der Waals surface area contributed by atoms with Gasteiger partial charge in [0, 0.05) is 12.5 Å². The fourth-order valence-corrected chi connectivity index (χ4v) is 1.57. The fourth-order valence-electron chi connectivity index (χ4n) is 1.57. The van der Waals surface area contributed by atoms with Crippen LogP contribution >= 0.6 is 0 Å². The van der Waals surface area contributed by atoms with E-state index in [1.807, 2.05) is 13.8 Å². The SMILES string of the molecule is CCC(C)NC(=O)Cn1nnc(C(=O)O)c1CCN. The highest BCUT2D eigenvalue weighted by molar-refractivity contribution is 5.86. The van der Waals surface area contributed by atoms with Crippen LogP contribution in [0.25, 0.3) is 0 Å². The molecule has 0 aliphatic rings. The molecule has 0 aliphatic carbocycles. The fraction of sp³-hybridized carbons (Fsp3) is 0.636. The Labute approximate surface area is 111 Å². The molecule has 8 nitrogen and oxygen atoms in total. The molecule has 0 aromatic carbocycles. The van der Waals surface area contributed by atoms with Gasteiger partial charge in [-0.25, -0.2) is 9.48 Å². The topological polar surface area (TPSA) is 123 Å². The van der Waals surface area contributed by atoms with Gasteiger partial charge in [0.15, 0.2) is 5.69 Å². The first kappa shape index (κ1) is 15.1. The van der Waals surface area contributed by atoms with E-state index >= 15 is 0 Å². The van der Waals surface area contributed by atoms with Gasteiger partial charge in [0.25, 0.3) is 0 Å². The van der Waals surface area contributed by atoms with E-state index in [0.29, 0.717) is 12.1 Å². The van der Waals surface area contributed by atoms with Crippen molar-refractivity contribution in [2.24, 2.45) is 5.73 Å². The van der Waals surface area contributed by atoms with E-state index in [9.17, 15) is 9.59 Å². The van der Waals surface area contributed by atoms with Crippen LogP contribution in [0.5, 0.6) is 0 Å². The molecule has 4 N–H and O–H groups in total. The number of carboxylic acid groups (broad SMARTS) is 1. The lowest BCUT2D eigenvalue weighted by molar-refractivity contribution is -0.122. The lowest BCUT2D eigenvalue weighted by Gasteiger charge is -2.12. The van der Waals surface area contributed by atoms with Crippen LogP contribution in [0.2, 0.25) is 0 Å². The third kappa shape index (κ3) is 4.02. The van der Waals surface area contributed by atoms with E-state index < -0.39 is 5.97 Å². The van der Waals surface area contributed by atoms with Crippen LogP contribution < -0.4 is 11.1 Å². The highest BCUT2D eigenvalue weighted by atomic mass is 16.4. The monoisotopic (exact) mass is 269 g/mol. The molecule has 106 valence electrons. The summed E-state index contributed by atoms with van der Waals surface area (Å²) in [4.78, 5) is 22.7. The molecule has 1 rings (SSSR count). The Bertz CT molecular complexity index is 457. The number of carbonyl (C=O) groups is 2. The molecule has 0 radical (unpaired) electrons. The number of nitrogens with one attached hydrogen (secondary N) is 1. The zero-order valence-corrected chi connectivity index (χ0v) is 11.1. The molecular weight excluding hydrogens is 250 g/mol. The normalized spacial score (nSPS) is 12.2. The Balaban J connectivity index is 2.83. The van der Waals surface area contributed by atoms with Crippen molar-refractivity contribution < 1.29 is 14.7 Å². The molecule has 1 aromatic rings. The summed E-state index contributed by atoms with van der Waals surface area (Å²) in [6, 6.07) is 0.0629. The molecule has 1 unspecified atom stereocenters. The summed E-state index contributed by atoms with van der Waals surface area (Å²) in [6.07, 6.45) is 1.13. The molecule has 19 heavy (non-hydrogen) atoms. The first-order valence-corrected chi connectivity index (χ1v) is 6.14. The van der Waals surface area contributed by atoms with Gasteiger partial charge in [-0.2, -0.15) is 0 Å². The summed E-state index contributed by atoms with van der Waals surface area (Å²) in [5, 5.41) is 19.0. The van der Waals surface area contributed by atoms with E-state index in [0.717, 1.165) is 6.42 Å². The van der Waals surface area contributed by atoms with Gasteiger partial charge in [-0.3, -0.25) is 4.79 Å². The first-order chi connectivity index (χ1) is 8.99. The van der Waals surface area contributed by atoms with Crippen LogP contribution in [0.15, 0.2) is 0 Å². The molecule has 1 atom stereocenters. The number of nitrogens with zero attached hydrogens (tertiary/aromatic N) is 3. The standard InChI is InChI=1S/C11H19N5O3/c1-3-7(2)13-9(17)6-16-8(4-5-12)10(11(18)19)14-15-16/h7H,3-6,12H2,1-2H3,(H,13,17)(H,18,19). The maximum absolute atomic E-state index is 11.7. The second kappa shape index (κ2) is 6.83. The van der Waals surface area contributed by atoms with Gasteiger partial charge in [0.1, 0.15) is 6.54 Å². The maximum Gasteiger partial charge on any atom is 0.358 e. The molecular formula is C11H19N5O3. The number of amides is 1. The van der Waals surface area contributed by atoms with Crippen molar-refractivity contribution >= 4 is 11.9 Å². The Morgan fingerprint density at radius 1 is 1.53 bits per heavy atom. The lowest BCUT2D eigenvalue weighted by atomic mass is 10.2. The molecule has 0 spiro atoms. The molecule has 0 fully saturated rings. The molecule has 0 saturated heterocycles. The number of rotatable bonds is 7. The summed E-state index contributed by atoms with van der Waals surface area (Å²) >= 11 is 0. The third-order valence-corrected chi connectivity index (χ3v) is 2.73. The quantitative estimate of drug-likeness (QED) is 0.607. The molecule has 1 amide bonds. The van der Waals surface area contributed by atoms with Crippen molar-refractivity contribution in [1.82, 2.24) is 20.3 Å². The van der Waals surface area contributed by atoms with Crippen LogP contribution in [0.1, 0.15) is 36.5 Å². The number of carbonyl (C=O) groups excluding carboxylic acids is 1. The molecule has 0 saturated carbocycles. The van der Waals surface area contributed by atoms with Crippen molar-refractivity contribution in [1.29, 1.82) is 0 Å². The highest BCUT2D eigenvalue weighted by Crippen LogP contribution is 2.06. The summed E-state index contributed by atoms with van der Waals surface area (Å²) in [5.41, 5.74) is 5.65. The minimum atomic E-state index is -1.17. The molecule has 0 bridgehead atoms. The van der Waals surface area contributed by atoms with Crippen LogP contribution in [-0.4, -0.2) is 44.6 Å². The largest absolute Gasteiger partial charge is 0.476 e.